The van der Waals surface area contributed by atoms with Gasteiger partial charge in [0.2, 0.25) is 5.91 Å². The van der Waals surface area contributed by atoms with E-state index in [2.05, 4.69) is 5.32 Å². The highest BCUT2D eigenvalue weighted by Crippen LogP contribution is 2.18. The van der Waals surface area contributed by atoms with E-state index in [1.165, 1.54) is 6.92 Å². The minimum absolute atomic E-state index is 0.323. The molecule has 1 amide bonds. The second kappa shape index (κ2) is 6.89. The maximum Gasteiger partial charge on any atom is 0.337 e. The second-order valence-corrected chi connectivity index (χ2v) is 4.52. The number of benzene rings is 1. The zero-order valence-corrected chi connectivity index (χ0v) is 11.3. The van der Waals surface area contributed by atoms with Gasteiger partial charge in [0, 0.05) is 6.92 Å². The number of nitrogens with one attached hydrogen (secondary N) is 1. The summed E-state index contributed by atoms with van der Waals surface area (Å²) in [7, 11) is 0. The summed E-state index contributed by atoms with van der Waals surface area (Å²) in [6.07, 6.45) is -1.76. The van der Waals surface area contributed by atoms with E-state index in [0.717, 1.165) is 0 Å². The van der Waals surface area contributed by atoms with Crippen molar-refractivity contribution in [1.82, 2.24) is 5.32 Å². The third kappa shape index (κ3) is 4.71. The first kappa shape index (κ1) is 15.2. The van der Waals surface area contributed by atoms with E-state index in [4.69, 9.17) is 4.74 Å². The molecule has 0 spiro atoms. The molecule has 0 saturated carbocycles. The van der Waals surface area contributed by atoms with Crippen molar-refractivity contribution in [2.24, 2.45) is 0 Å². The average molecular weight is 265 g/mol. The molecule has 1 rings (SSSR count). The Hall–Kier alpha value is -1.88. The molecule has 0 aromatic heterocycles. The van der Waals surface area contributed by atoms with Gasteiger partial charge in [-0.15, -0.1) is 0 Å². The van der Waals surface area contributed by atoms with Gasteiger partial charge < -0.3 is 15.2 Å². The van der Waals surface area contributed by atoms with Crippen molar-refractivity contribution in [2.75, 3.05) is 0 Å². The Morgan fingerprint density at radius 2 is 1.79 bits per heavy atom. The number of hydrogen-bond donors (Lipinski definition) is 2. The standard InChI is InChI=1S/C14H19NO4/c1-9(2)19-14(18)13(17)12(15-10(3)16)11-7-5-4-6-8-11/h4-9,12-13,17H,1-3H3,(H,15,16)/t12-,13-/m0/s1. The smallest absolute Gasteiger partial charge is 0.337 e. The van der Waals surface area contributed by atoms with Gasteiger partial charge in [-0.25, -0.2) is 4.79 Å². The fourth-order valence-corrected chi connectivity index (χ4v) is 1.66. The molecule has 0 bridgehead atoms. The number of aliphatic hydroxyl groups excluding tert-OH is 1. The molecule has 0 radical (unpaired) electrons. The van der Waals surface area contributed by atoms with E-state index in [-0.39, 0.29) is 12.0 Å². The van der Waals surface area contributed by atoms with Crippen LogP contribution in [0.1, 0.15) is 32.4 Å². The first-order valence-electron chi connectivity index (χ1n) is 6.12. The Kier molecular flexibility index (Phi) is 5.51. The molecule has 0 heterocycles. The molecule has 1 aromatic carbocycles. The number of aliphatic hydroxyl groups is 1. The van der Waals surface area contributed by atoms with Crippen LogP contribution in [0.5, 0.6) is 0 Å². The van der Waals surface area contributed by atoms with Gasteiger partial charge in [-0.2, -0.15) is 0 Å². The van der Waals surface area contributed by atoms with E-state index in [1.54, 1.807) is 38.1 Å². The van der Waals surface area contributed by atoms with Gasteiger partial charge in [0.25, 0.3) is 0 Å². The lowest BCUT2D eigenvalue weighted by atomic mass is 10.0. The second-order valence-electron chi connectivity index (χ2n) is 4.52. The van der Waals surface area contributed by atoms with E-state index < -0.39 is 18.1 Å². The molecule has 0 unspecified atom stereocenters. The quantitative estimate of drug-likeness (QED) is 0.784. The number of esters is 1. The van der Waals surface area contributed by atoms with Crippen molar-refractivity contribution in [3.8, 4) is 0 Å². The van der Waals surface area contributed by atoms with Crippen LogP contribution in [0.15, 0.2) is 30.3 Å². The van der Waals surface area contributed by atoms with E-state index >= 15 is 0 Å². The summed E-state index contributed by atoms with van der Waals surface area (Å²) in [5, 5.41) is 12.6. The molecule has 0 saturated heterocycles. The zero-order valence-electron chi connectivity index (χ0n) is 11.3. The minimum Gasteiger partial charge on any atom is -0.461 e. The van der Waals surface area contributed by atoms with Crippen molar-refractivity contribution in [3.05, 3.63) is 35.9 Å². The summed E-state index contributed by atoms with van der Waals surface area (Å²) in [5.74, 6) is -1.08. The number of rotatable bonds is 5. The first-order valence-corrected chi connectivity index (χ1v) is 6.12. The van der Waals surface area contributed by atoms with Crippen LogP contribution in [0, 0.1) is 0 Å². The summed E-state index contributed by atoms with van der Waals surface area (Å²) in [5.41, 5.74) is 0.644. The summed E-state index contributed by atoms with van der Waals surface area (Å²) in [4.78, 5) is 22.9. The summed E-state index contributed by atoms with van der Waals surface area (Å²) < 4.78 is 4.96. The summed E-state index contributed by atoms with van der Waals surface area (Å²) in [6.45, 7) is 4.72. The molecular formula is C14H19NO4. The Balaban J connectivity index is 2.91. The van der Waals surface area contributed by atoms with Crippen LogP contribution in [0.2, 0.25) is 0 Å². The number of ether oxygens (including phenoxy) is 1. The van der Waals surface area contributed by atoms with Crippen molar-refractivity contribution >= 4 is 11.9 Å². The molecular weight excluding hydrogens is 246 g/mol. The molecule has 0 aliphatic carbocycles. The van der Waals surface area contributed by atoms with E-state index in [9.17, 15) is 14.7 Å². The molecule has 0 aliphatic rings. The van der Waals surface area contributed by atoms with Crippen molar-refractivity contribution in [1.29, 1.82) is 0 Å². The molecule has 5 heteroatoms. The lowest BCUT2D eigenvalue weighted by Gasteiger charge is -2.23. The SMILES string of the molecule is CC(=O)N[C@@H](c1ccccc1)[C@H](O)C(=O)OC(C)C. The third-order valence-corrected chi connectivity index (χ3v) is 2.43. The summed E-state index contributed by atoms with van der Waals surface area (Å²) >= 11 is 0. The Bertz CT molecular complexity index is 430. The molecule has 104 valence electrons. The van der Waals surface area contributed by atoms with Crippen molar-refractivity contribution in [2.45, 2.75) is 39.0 Å². The zero-order chi connectivity index (χ0) is 14.4. The van der Waals surface area contributed by atoms with Crippen LogP contribution >= 0.6 is 0 Å². The number of carbonyl (C=O) groups excluding carboxylic acids is 2. The Morgan fingerprint density at radius 1 is 1.21 bits per heavy atom. The maximum atomic E-state index is 11.7. The van der Waals surface area contributed by atoms with Gasteiger partial charge in [0.05, 0.1) is 12.1 Å². The van der Waals surface area contributed by atoms with Crippen molar-refractivity contribution in [3.63, 3.8) is 0 Å². The van der Waals surface area contributed by atoms with E-state index in [0.29, 0.717) is 5.56 Å². The molecule has 0 aliphatic heterocycles. The molecule has 2 N–H and O–H groups in total. The van der Waals surface area contributed by atoms with Gasteiger partial charge in [0.1, 0.15) is 0 Å². The van der Waals surface area contributed by atoms with Gasteiger partial charge in [0.15, 0.2) is 6.10 Å². The van der Waals surface area contributed by atoms with Crippen LogP contribution < -0.4 is 5.32 Å². The van der Waals surface area contributed by atoms with Crippen LogP contribution in [0.4, 0.5) is 0 Å². The molecule has 5 nitrogen and oxygen atoms in total. The normalized spacial score (nSPS) is 13.7. The largest absolute Gasteiger partial charge is 0.461 e. The lowest BCUT2D eigenvalue weighted by Crippen LogP contribution is -2.40. The van der Waals surface area contributed by atoms with E-state index in [1.807, 2.05) is 6.07 Å². The highest BCUT2D eigenvalue weighted by molar-refractivity contribution is 5.79. The van der Waals surface area contributed by atoms with Crippen molar-refractivity contribution < 1.29 is 19.4 Å². The molecule has 2 atom stereocenters. The Morgan fingerprint density at radius 3 is 2.26 bits per heavy atom. The topological polar surface area (TPSA) is 75.6 Å². The molecule has 1 aromatic rings. The Labute approximate surface area is 112 Å². The molecule has 0 fully saturated rings. The average Bonchev–Trinajstić information content (AvgIpc) is 2.35. The third-order valence-electron chi connectivity index (χ3n) is 2.43. The van der Waals surface area contributed by atoms with Gasteiger partial charge in [-0.3, -0.25) is 4.79 Å². The number of carbonyl (C=O) groups is 2. The summed E-state index contributed by atoms with van der Waals surface area (Å²) in [6, 6.07) is 7.99. The molecule has 19 heavy (non-hydrogen) atoms. The number of hydrogen-bond acceptors (Lipinski definition) is 4. The predicted molar refractivity (Wildman–Crippen MR) is 70.2 cm³/mol. The lowest BCUT2D eigenvalue weighted by molar-refractivity contribution is -0.159. The highest BCUT2D eigenvalue weighted by atomic mass is 16.6. The van der Waals surface area contributed by atoms with Crippen LogP contribution in [-0.2, 0) is 14.3 Å². The van der Waals surface area contributed by atoms with Crippen LogP contribution in [-0.4, -0.2) is 29.2 Å². The fraction of sp³-hybridized carbons (Fsp3) is 0.429. The van der Waals surface area contributed by atoms with Crippen LogP contribution in [0.3, 0.4) is 0 Å². The first-order chi connectivity index (χ1) is 8.91. The predicted octanol–water partition coefficient (Wildman–Crippen LogP) is 1.18. The maximum absolute atomic E-state index is 11.7. The monoisotopic (exact) mass is 265 g/mol. The van der Waals surface area contributed by atoms with Gasteiger partial charge in [-0.1, -0.05) is 30.3 Å². The van der Waals surface area contributed by atoms with Gasteiger partial charge in [-0.05, 0) is 19.4 Å². The van der Waals surface area contributed by atoms with Crippen LogP contribution in [0.25, 0.3) is 0 Å². The highest BCUT2D eigenvalue weighted by Gasteiger charge is 2.30. The van der Waals surface area contributed by atoms with Gasteiger partial charge >= 0.3 is 5.97 Å². The number of amides is 1. The minimum atomic E-state index is -1.44. The fourth-order valence-electron chi connectivity index (χ4n) is 1.66.